The van der Waals surface area contributed by atoms with Crippen LogP contribution in [0.1, 0.15) is 11.1 Å². The van der Waals surface area contributed by atoms with E-state index in [0.29, 0.717) is 5.69 Å². The summed E-state index contributed by atoms with van der Waals surface area (Å²) in [6.07, 6.45) is 1.21. The zero-order valence-corrected chi connectivity index (χ0v) is 11.6. The lowest BCUT2D eigenvalue weighted by molar-refractivity contribution is -0.144. The lowest BCUT2D eigenvalue weighted by Crippen LogP contribution is -2.17. The molecule has 108 valence electrons. The van der Waals surface area contributed by atoms with Crippen LogP contribution in [0.2, 0.25) is 0 Å². The van der Waals surface area contributed by atoms with E-state index < -0.39 is 11.9 Å². The van der Waals surface area contributed by atoms with E-state index in [1.54, 1.807) is 12.1 Å². The highest BCUT2D eigenvalue weighted by molar-refractivity contribution is 6.14. The van der Waals surface area contributed by atoms with Gasteiger partial charge in [0.05, 0.1) is 20.8 Å². The Morgan fingerprint density at radius 3 is 2.35 bits per heavy atom. The molecule has 0 aliphatic carbocycles. The molecule has 0 fully saturated rings. The van der Waals surface area contributed by atoms with Gasteiger partial charge in [0.15, 0.2) is 5.57 Å². The highest BCUT2D eigenvalue weighted by atomic mass is 16.5. The van der Waals surface area contributed by atoms with Crippen molar-refractivity contribution in [2.24, 2.45) is 0 Å². The molecule has 0 unspecified atom stereocenters. The predicted molar refractivity (Wildman–Crippen MR) is 72.8 cm³/mol. The number of benzene rings is 1. The number of esters is 2. The average molecular weight is 279 g/mol. The number of ether oxygens (including phenoxy) is 2. The topological polar surface area (TPSA) is 84.9 Å². The van der Waals surface area contributed by atoms with Crippen LogP contribution in [-0.2, 0) is 25.7 Å². The largest absolute Gasteiger partial charge is 0.465 e. The summed E-state index contributed by atoms with van der Waals surface area (Å²) in [6.45, 7) is 1.78. The van der Waals surface area contributed by atoms with Gasteiger partial charge < -0.3 is 19.9 Å². The first-order chi connectivity index (χ1) is 9.53. The number of nitrogens with one attached hydrogen (secondary N) is 1. The van der Waals surface area contributed by atoms with E-state index in [2.05, 4.69) is 14.8 Å². The average Bonchev–Trinajstić information content (AvgIpc) is 2.48. The number of aliphatic hydroxyl groups excluding tert-OH is 1. The lowest BCUT2D eigenvalue weighted by atomic mass is 10.1. The number of carbonyl (C=O) groups is 2. The first-order valence-electron chi connectivity index (χ1n) is 5.87. The van der Waals surface area contributed by atoms with Gasteiger partial charge >= 0.3 is 11.9 Å². The molecule has 0 aromatic heterocycles. The van der Waals surface area contributed by atoms with Crippen LogP contribution in [0.3, 0.4) is 0 Å². The monoisotopic (exact) mass is 279 g/mol. The standard InChI is InChI=1S/C14H17NO5/c1-9-4-5-11(6-10(9)8-16)15-7-12(13(17)19-2)14(18)20-3/h4-7,15-16H,8H2,1-3H3. The van der Waals surface area contributed by atoms with Gasteiger partial charge in [-0.2, -0.15) is 0 Å². The Morgan fingerprint density at radius 2 is 1.85 bits per heavy atom. The molecule has 0 bridgehead atoms. The Kier molecular flexibility index (Phi) is 5.74. The molecule has 0 spiro atoms. The van der Waals surface area contributed by atoms with E-state index in [4.69, 9.17) is 0 Å². The molecule has 1 aromatic rings. The normalized spacial score (nSPS) is 9.60. The third-order valence-electron chi connectivity index (χ3n) is 2.71. The molecule has 0 aliphatic rings. The van der Waals surface area contributed by atoms with Crippen molar-refractivity contribution in [2.75, 3.05) is 19.5 Å². The highest BCUT2D eigenvalue weighted by Gasteiger charge is 2.19. The van der Waals surface area contributed by atoms with Crippen molar-refractivity contribution in [3.05, 3.63) is 41.1 Å². The van der Waals surface area contributed by atoms with Crippen molar-refractivity contribution < 1.29 is 24.2 Å². The minimum Gasteiger partial charge on any atom is -0.465 e. The van der Waals surface area contributed by atoms with Crippen LogP contribution in [0, 0.1) is 6.92 Å². The number of aliphatic hydroxyl groups is 1. The molecule has 20 heavy (non-hydrogen) atoms. The Balaban J connectivity index is 2.97. The predicted octanol–water partition coefficient (Wildman–Crippen LogP) is 1.13. The van der Waals surface area contributed by atoms with Crippen molar-refractivity contribution >= 4 is 17.6 Å². The summed E-state index contributed by atoms with van der Waals surface area (Å²) < 4.78 is 9.00. The molecule has 0 atom stereocenters. The van der Waals surface area contributed by atoms with Gasteiger partial charge in [0, 0.05) is 11.9 Å². The van der Waals surface area contributed by atoms with E-state index in [9.17, 15) is 14.7 Å². The van der Waals surface area contributed by atoms with Crippen molar-refractivity contribution in [1.29, 1.82) is 0 Å². The molecule has 0 amide bonds. The molecule has 0 saturated carbocycles. The number of carbonyl (C=O) groups excluding carboxylic acids is 2. The molecule has 6 nitrogen and oxygen atoms in total. The van der Waals surface area contributed by atoms with Gasteiger partial charge in [-0.05, 0) is 30.2 Å². The minimum atomic E-state index is -0.793. The summed E-state index contributed by atoms with van der Waals surface area (Å²) in [5.74, 6) is -1.59. The van der Waals surface area contributed by atoms with E-state index >= 15 is 0 Å². The summed E-state index contributed by atoms with van der Waals surface area (Å²) >= 11 is 0. The molecular formula is C14H17NO5. The van der Waals surface area contributed by atoms with Gasteiger partial charge in [-0.3, -0.25) is 0 Å². The number of rotatable bonds is 5. The highest BCUT2D eigenvalue weighted by Crippen LogP contribution is 2.16. The second-order valence-electron chi connectivity index (χ2n) is 3.98. The molecule has 0 saturated heterocycles. The van der Waals surface area contributed by atoms with Gasteiger partial charge in [-0.1, -0.05) is 6.07 Å². The fourth-order valence-corrected chi connectivity index (χ4v) is 1.51. The first kappa shape index (κ1) is 15.7. The van der Waals surface area contributed by atoms with Crippen molar-refractivity contribution in [2.45, 2.75) is 13.5 Å². The van der Waals surface area contributed by atoms with Crippen LogP contribution in [0.4, 0.5) is 5.69 Å². The molecule has 2 N–H and O–H groups in total. The van der Waals surface area contributed by atoms with Crippen LogP contribution in [0.25, 0.3) is 0 Å². The van der Waals surface area contributed by atoms with E-state index in [1.807, 2.05) is 13.0 Å². The SMILES string of the molecule is COC(=O)C(=CNc1ccc(C)c(CO)c1)C(=O)OC. The number of anilines is 1. The quantitative estimate of drug-likeness (QED) is 0.364. The minimum absolute atomic E-state index is 0.0913. The van der Waals surface area contributed by atoms with Gasteiger partial charge in [0.25, 0.3) is 0 Å². The fourth-order valence-electron chi connectivity index (χ4n) is 1.51. The molecular weight excluding hydrogens is 262 g/mol. The van der Waals surface area contributed by atoms with Crippen molar-refractivity contribution in [3.8, 4) is 0 Å². The van der Waals surface area contributed by atoms with Gasteiger partial charge in [-0.25, -0.2) is 9.59 Å². The maximum Gasteiger partial charge on any atom is 0.346 e. The van der Waals surface area contributed by atoms with Crippen LogP contribution in [0.15, 0.2) is 30.0 Å². The van der Waals surface area contributed by atoms with E-state index in [-0.39, 0.29) is 12.2 Å². The third kappa shape index (κ3) is 3.83. The first-order valence-corrected chi connectivity index (χ1v) is 5.87. The molecule has 0 heterocycles. The van der Waals surface area contributed by atoms with Crippen LogP contribution >= 0.6 is 0 Å². The third-order valence-corrected chi connectivity index (χ3v) is 2.71. The molecule has 1 aromatic carbocycles. The smallest absolute Gasteiger partial charge is 0.346 e. The molecule has 1 rings (SSSR count). The molecule has 0 aliphatic heterocycles. The number of aryl methyl sites for hydroxylation is 1. The summed E-state index contributed by atoms with van der Waals surface area (Å²) in [5, 5.41) is 12.0. The number of methoxy groups -OCH3 is 2. The maximum atomic E-state index is 11.4. The van der Waals surface area contributed by atoms with Crippen LogP contribution in [-0.4, -0.2) is 31.3 Å². The molecule has 0 radical (unpaired) electrons. The van der Waals surface area contributed by atoms with Crippen LogP contribution in [0.5, 0.6) is 0 Å². The second-order valence-corrected chi connectivity index (χ2v) is 3.98. The number of hydrogen-bond donors (Lipinski definition) is 2. The van der Waals surface area contributed by atoms with Crippen molar-refractivity contribution in [1.82, 2.24) is 0 Å². The summed E-state index contributed by atoms with van der Waals surface area (Å²) in [6, 6.07) is 5.30. The molecule has 6 heteroatoms. The van der Waals surface area contributed by atoms with Crippen LogP contribution < -0.4 is 5.32 Å². The maximum absolute atomic E-state index is 11.4. The van der Waals surface area contributed by atoms with Gasteiger partial charge in [0.1, 0.15) is 0 Å². The van der Waals surface area contributed by atoms with E-state index in [0.717, 1.165) is 11.1 Å². The lowest BCUT2D eigenvalue weighted by Gasteiger charge is -2.08. The Labute approximate surface area is 117 Å². The summed E-state index contributed by atoms with van der Waals surface area (Å²) in [4.78, 5) is 22.9. The number of hydrogen-bond acceptors (Lipinski definition) is 6. The Morgan fingerprint density at radius 1 is 1.25 bits per heavy atom. The van der Waals surface area contributed by atoms with Gasteiger partial charge in [0.2, 0.25) is 0 Å². The zero-order chi connectivity index (χ0) is 15.1. The summed E-state index contributed by atoms with van der Waals surface area (Å²) in [5.41, 5.74) is 2.08. The summed E-state index contributed by atoms with van der Waals surface area (Å²) in [7, 11) is 2.35. The Hall–Kier alpha value is -2.34. The van der Waals surface area contributed by atoms with Gasteiger partial charge in [-0.15, -0.1) is 0 Å². The Bertz CT molecular complexity index is 518. The fraction of sp³-hybridized carbons (Fsp3) is 0.286. The van der Waals surface area contributed by atoms with E-state index in [1.165, 1.54) is 20.4 Å². The van der Waals surface area contributed by atoms with Crippen molar-refractivity contribution in [3.63, 3.8) is 0 Å². The second kappa shape index (κ2) is 7.30. The zero-order valence-electron chi connectivity index (χ0n) is 11.6.